The number of benzene rings is 2. The van der Waals surface area contributed by atoms with Crippen molar-refractivity contribution in [1.29, 1.82) is 0 Å². The lowest BCUT2D eigenvalue weighted by atomic mass is 9.96. The average molecular weight is 362 g/mol. The summed E-state index contributed by atoms with van der Waals surface area (Å²) in [6.45, 7) is 0.938. The van der Waals surface area contributed by atoms with Gasteiger partial charge in [0.25, 0.3) is 0 Å². The lowest BCUT2D eigenvalue weighted by Crippen LogP contribution is -2.08. The molecule has 2 aromatic carbocycles. The summed E-state index contributed by atoms with van der Waals surface area (Å²) in [4.78, 5) is 0. The highest BCUT2D eigenvalue weighted by molar-refractivity contribution is 7.90. The number of rotatable bonds is 6. The minimum atomic E-state index is -2.95. The van der Waals surface area contributed by atoms with Gasteiger partial charge in [0.2, 0.25) is 0 Å². The molecule has 1 heterocycles. The van der Waals surface area contributed by atoms with Crippen LogP contribution in [0.25, 0.3) is 11.1 Å². The molecule has 0 atom stereocenters. The predicted molar refractivity (Wildman–Crippen MR) is 96.8 cm³/mol. The van der Waals surface area contributed by atoms with Crippen LogP contribution in [0.4, 0.5) is 0 Å². The second-order valence-electron chi connectivity index (χ2n) is 6.24. The molecule has 0 aromatic heterocycles. The van der Waals surface area contributed by atoms with Crippen molar-refractivity contribution in [2.75, 3.05) is 25.2 Å². The Morgan fingerprint density at radius 2 is 2.00 bits per heavy atom. The summed E-state index contributed by atoms with van der Waals surface area (Å²) in [6, 6.07) is 11.6. The van der Waals surface area contributed by atoms with Crippen LogP contribution in [0.5, 0.6) is 11.5 Å². The van der Waals surface area contributed by atoms with Gasteiger partial charge in [-0.15, -0.1) is 0 Å². The van der Waals surface area contributed by atoms with Crippen molar-refractivity contribution in [2.24, 2.45) is 0 Å². The van der Waals surface area contributed by atoms with Gasteiger partial charge in [-0.1, -0.05) is 12.1 Å². The number of aliphatic hydroxyl groups is 1. The Bertz CT molecular complexity index is 858. The highest BCUT2D eigenvalue weighted by Crippen LogP contribution is 2.37. The number of aliphatic hydroxyl groups excluding tert-OH is 1. The van der Waals surface area contributed by atoms with Gasteiger partial charge >= 0.3 is 0 Å². The molecular weight excluding hydrogens is 340 g/mol. The second kappa shape index (κ2) is 7.45. The van der Waals surface area contributed by atoms with Crippen LogP contribution in [0.15, 0.2) is 36.4 Å². The van der Waals surface area contributed by atoms with Crippen molar-refractivity contribution in [2.45, 2.75) is 19.4 Å². The molecule has 2 aromatic rings. The molecule has 134 valence electrons. The van der Waals surface area contributed by atoms with Gasteiger partial charge in [0, 0.05) is 18.2 Å². The highest BCUT2D eigenvalue weighted by Gasteiger charge is 2.16. The Hall–Kier alpha value is -2.05. The maximum atomic E-state index is 11.2. The molecule has 6 heteroatoms. The van der Waals surface area contributed by atoms with Crippen molar-refractivity contribution in [3.05, 3.63) is 47.5 Å². The first-order chi connectivity index (χ1) is 12.0. The number of ether oxygens (including phenoxy) is 2. The summed E-state index contributed by atoms with van der Waals surface area (Å²) in [5, 5.41) is 9.38. The summed E-state index contributed by atoms with van der Waals surface area (Å²) in [6.07, 6.45) is 2.47. The maximum absolute atomic E-state index is 11.2. The standard InChI is InChI=1S/C19H22O5S/c1-25(21,22)10-2-8-23-16-4-5-17-15(12-16)7-9-24-19-6-3-14(13-20)11-18(17)19/h3-6,11-12,20H,2,7-10,13H2,1H3. The summed E-state index contributed by atoms with van der Waals surface area (Å²) >= 11 is 0. The third-order valence-corrected chi connectivity index (χ3v) is 5.18. The van der Waals surface area contributed by atoms with Crippen molar-refractivity contribution in [3.63, 3.8) is 0 Å². The van der Waals surface area contributed by atoms with E-state index in [1.165, 1.54) is 6.26 Å². The van der Waals surface area contributed by atoms with Crippen LogP contribution in [0.1, 0.15) is 17.5 Å². The Labute approximate surface area is 148 Å². The molecule has 0 saturated carbocycles. The van der Waals surface area contributed by atoms with Gasteiger partial charge in [-0.25, -0.2) is 8.42 Å². The van der Waals surface area contributed by atoms with E-state index in [1.54, 1.807) is 0 Å². The molecular formula is C19H22O5S. The SMILES string of the molecule is CS(=O)(=O)CCCOc1ccc2c(c1)CCOc1ccc(CO)cc1-2. The number of fused-ring (bicyclic) bond motifs is 3. The molecule has 5 nitrogen and oxygen atoms in total. The Balaban J connectivity index is 1.79. The number of hydrogen-bond acceptors (Lipinski definition) is 5. The van der Waals surface area contributed by atoms with Gasteiger partial charge < -0.3 is 14.6 Å². The van der Waals surface area contributed by atoms with Crippen molar-refractivity contribution in [3.8, 4) is 22.6 Å². The fraction of sp³-hybridized carbons (Fsp3) is 0.368. The molecule has 25 heavy (non-hydrogen) atoms. The fourth-order valence-corrected chi connectivity index (χ4v) is 3.57. The van der Waals surface area contributed by atoms with Gasteiger partial charge in [0.1, 0.15) is 21.3 Å². The monoisotopic (exact) mass is 362 g/mol. The Morgan fingerprint density at radius 3 is 2.76 bits per heavy atom. The molecule has 0 bridgehead atoms. The smallest absolute Gasteiger partial charge is 0.147 e. The van der Waals surface area contributed by atoms with E-state index >= 15 is 0 Å². The van der Waals surface area contributed by atoms with Crippen LogP contribution in [-0.4, -0.2) is 38.7 Å². The van der Waals surface area contributed by atoms with Crippen LogP contribution in [0, 0.1) is 0 Å². The van der Waals surface area contributed by atoms with Crippen LogP contribution in [0.3, 0.4) is 0 Å². The summed E-state index contributed by atoms with van der Waals surface area (Å²) in [7, 11) is -2.95. The molecule has 0 aliphatic carbocycles. The van der Waals surface area contributed by atoms with Crippen LogP contribution < -0.4 is 9.47 Å². The molecule has 0 radical (unpaired) electrons. The Kier molecular flexibility index (Phi) is 5.30. The molecule has 0 fully saturated rings. The van der Waals surface area contributed by atoms with E-state index in [9.17, 15) is 13.5 Å². The maximum Gasteiger partial charge on any atom is 0.147 e. The molecule has 1 aliphatic heterocycles. The minimum absolute atomic E-state index is 0.00978. The fourth-order valence-electron chi connectivity index (χ4n) is 2.92. The van der Waals surface area contributed by atoms with Crippen LogP contribution in [0.2, 0.25) is 0 Å². The van der Waals surface area contributed by atoms with Crippen LogP contribution >= 0.6 is 0 Å². The quantitative estimate of drug-likeness (QED) is 0.800. The molecule has 1 aliphatic rings. The van der Waals surface area contributed by atoms with Crippen LogP contribution in [-0.2, 0) is 22.9 Å². The Morgan fingerprint density at radius 1 is 1.16 bits per heavy atom. The highest BCUT2D eigenvalue weighted by atomic mass is 32.2. The first kappa shape index (κ1) is 17.8. The van der Waals surface area contributed by atoms with E-state index in [0.717, 1.165) is 40.2 Å². The van der Waals surface area contributed by atoms with Crippen molar-refractivity contribution >= 4 is 9.84 Å². The molecule has 3 rings (SSSR count). The topological polar surface area (TPSA) is 72.8 Å². The second-order valence-corrected chi connectivity index (χ2v) is 8.50. The van der Waals surface area contributed by atoms with Gasteiger partial charge in [0.05, 0.1) is 25.6 Å². The van der Waals surface area contributed by atoms with E-state index < -0.39 is 9.84 Å². The molecule has 1 N–H and O–H groups in total. The average Bonchev–Trinajstić information content (AvgIpc) is 2.76. The predicted octanol–water partition coefficient (Wildman–Crippen LogP) is 2.59. The van der Waals surface area contributed by atoms with E-state index in [-0.39, 0.29) is 12.4 Å². The molecule has 0 spiro atoms. The third kappa shape index (κ3) is 4.52. The zero-order valence-electron chi connectivity index (χ0n) is 14.2. The largest absolute Gasteiger partial charge is 0.494 e. The van der Waals surface area contributed by atoms with E-state index in [4.69, 9.17) is 9.47 Å². The minimum Gasteiger partial charge on any atom is -0.494 e. The normalized spacial score (nSPS) is 13.4. The lowest BCUT2D eigenvalue weighted by molar-refractivity contribution is 0.281. The molecule has 0 amide bonds. The van der Waals surface area contributed by atoms with Crippen molar-refractivity contribution < 1.29 is 23.0 Å². The van der Waals surface area contributed by atoms with E-state index in [1.807, 2.05) is 36.4 Å². The number of hydrogen-bond donors (Lipinski definition) is 1. The van der Waals surface area contributed by atoms with E-state index in [2.05, 4.69) is 0 Å². The summed E-state index contributed by atoms with van der Waals surface area (Å²) < 4.78 is 33.8. The zero-order chi connectivity index (χ0) is 17.9. The summed E-state index contributed by atoms with van der Waals surface area (Å²) in [5.41, 5.74) is 4.01. The first-order valence-electron chi connectivity index (χ1n) is 8.27. The first-order valence-corrected chi connectivity index (χ1v) is 10.3. The third-order valence-electron chi connectivity index (χ3n) is 4.15. The van der Waals surface area contributed by atoms with Gasteiger partial charge in [-0.3, -0.25) is 0 Å². The number of sulfone groups is 1. The molecule has 0 saturated heterocycles. The van der Waals surface area contributed by atoms with Gasteiger partial charge in [-0.05, 0) is 47.4 Å². The zero-order valence-corrected chi connectivity index (χ0v) is 15.0. The lowest BCUT2D eigenvalue weighted by Gasteiger charge is -2.12. The molecule has 0 unspecified atom stereocenters. The van der Waals surface area contributed by atoms with E-state index in [0.29, 0.717) is 19.6 Å². The van der Waals surface area contributed by atoms with Crippen molar-refractivity contribution in [1.82, 2.24) is 0 Å². The summed E-state index contributed by atoms with van der Waals surface area (Å²) in [5.74, 6) is 1.68. The van der Waals surface area contributed by atoms with Gasteiger partial charge in [-0.2, -0.15) is 0 Å². The van der Waals surface area contributed by atoms with Gasteiger partial charge in [0.15, 0.2) is 0 Å².